The average Bonchev–Trinajstić information content (AvgIpc) is 3.35. The van der Waals surface area contributed by atoms with Crippen LogP contribution in [0.4, 0.5) is 0 Å². The molecule has 28 heavy (non-hydrogen) atoms. The number of methoxy groups -OCH3 is 1. The van der Waals surface area contributed by atoms with Gasteiger partial charge in [0.1, 0.15) is 11.1 Å². The quantitative estimate of drug-likeness (QED) is 0.558. The second-order valence-electron chi connectivity index (χ2n) is 7.33. The molecule has 142 valence electrons. The van der Waals surface area contributed by atoms with Gasteiger partial charge in [-0.25, -0.2) is 5.10 Å². The van der Waals surface area contributed by atoms with Crippen LogP contribution in [0.25, 0.3) is 27.9 Å². The lowest BCUT2D eigenvalue weighted by Crippen LogP contribution is -2.32. The van der Waals surface area contributed by atoms with Gasteiger partial charge in [0.15, 0.2) is 11.2 Å². The summed E-state index contributed by atoms with van der Waals surface area (Å²) in [7, 11) is 1.64. The minimum atomic E-state index is -0.0144. The number of ether oxygens (including phenoxy) is 1. The Labute approximate surface area is 161 Å². The van der Waals surface area contributed by atoms with Gasteiger partial charge in [-0.05, 0) is 31.0 Å². The van der Waals surface area contributed by atoms with Gasteiger partial charge >= 0.3 is 5.78 Å². The molecule has 1 N–H and O–H groups in total. The summed E-state index contributed by atoms with van der Waals surface area (Å²) in [6.07, 6.45) is 6.30. The molecule has 3 heterocycles. The minimum absolute atomic E-state index is 0.0144. The highest BCUT2D eigenvalue weighted by atomic mass is 16.5. The molecule has 1 fully saturated rings. The van der Waals surface area contributed by atoms with Crippen LogP contribution in [0.5, 0.6) is 5.75 Å². The molecule has 7 nitrogen and oxygen atoms in total. The Balaban J connectivity index is 1.93. The largest absolute Gasteiger partial charge is 0.496 e. The molecule has 3 aromatic heterocycles. The number of aryl methyl sites for hydroxylation is 1. The number of hydrogen-bond donors (Lipinski definition) is 1. The fraction of sp³-hybridized carbons (Fsp3) is 0.333. The number of aromatic amines is 1. The van der Waals surface area contributed by atoms with Crippen LogP contribution in [0.1, 0.15) is 37.5 Å². The molecule has 0 amide bonds. The van der Waals surface area contributed by atoms with Crippen LogP contribution in [-0.2, 0) is 0 Å². The summed E-state index contributed by atoms with van der Waals surface area (Å²) in [6.45, 7) is 1.88. The molecule has 1 aliphatic rings. The number of benzene rings is 1. The Morgan fingerprint density at radius 3 is 2.75 bits per heavy atom. The lowest BCUT2D eigenvalue weighted by atomic mass is 10.1. The van der Waals surface area contributed by atoms with E-state index < -0.39 is 0 Å². The number of para-hydroxylation sites is 1. The highest BCUT2D eigenvalue weighted by molar-refractivity contribution is 5.92. The van der Waals surface area contributed by atoms with Crippen molar-refractivity contribution in [3.05, 3.63) is 52.7 Å². The van der Waals surface area contributed by atoms with Crippen LogP contribution in [0.15, 0.2) is 41.3 Å². The Morgan fingerprint density at radius 2 is 1.96 bits per heavy atom. The van der Waals surface area contributed by atoms with Crippen molar-refractivity contribution in [3.8, 4) is 17.0 Å². The zero-order chi connectivity index (χ0) is 19.3. The molecule has 1 aliphatic carbocycles. The molecule has 0 aliphatic heterocycles. The molecule has 7 heteroatoms. The zero-order valence-electron chi connectivity index (χ0n) is 16.0. The van der Waals surface area contributed by atoms with E-state index in [4.69, 9.17) is 4.74 Å². The van der Waals surface area contributed by atoms with Gasteiger partial charge in [-0.1, -0.05) is 34.9 Å². The second-order valence-corrected chi connectivity index (χ2v) is 7.33. The molecular formula is C21H22N5O2+. The molecule has 0 saturated heterocycles. The Hall–Kier alpha value is -3.22. The van der Waals surface area contributed by atoms with Gasteiger partial charge in [-0.2, -0.15) is 0 Å². The third-order valence-corrected chi connectivity index (χ3v) is 5.60. The first kappa shape index (κ1) is 16.9. The predicted molar refractivity (Wildman–Crippen MR) is 106 cm³/mol. The normalized spacial score (nSPS) is 14.9. The standard InChI is InChI=1S/C21H21N5O2/c1-13-22-21-23-16-11-12-25(14-7-3-4-8-14)20(27)18(16)19(26(21)24-13)15-9-5-6-10-17(15)28-2/h5-6,9-12,14H,3-4,7-8H2,1-2H3/p+1. The summed E-state index contributed by atoms with van der Waals surface area (Å²) in [5, 5.41) is 3.81. The maximum atomic E-state index is 13.6. The Bertz CT molecular complexity index is 1250. The molecule has 0 radical (unpaired) electrons. The van der Waals surface area contributed by atoms with E-state index in [9.17, 15) is 4.79 Å². The molecule has 0 atom stereocenters. The molecule has 1 aromatic carbocycles. The average molecular weight is 376 g/mol. The van der Waals surface area contributed by atoms with Crippen molar-refractivity contribution >= 4 is 16.7 Å². The van der Waals surface area contributed by atoms with Crippen LogP contribution in [-0.4, -0.2) is 26.7 Å². The molecule has 1 saturated carbocycles. The number of H-pyrrole nitrogens is 1. The number of nitrogens with one attached hydrogen (secondary N) is 1. The highest BCUT2D eigenvalue weighted by Gasteiger charge is 2.27. The van der Waals surface area contributed by atoms with Crippen LogP contribution in [0, 0.1) is 6.92 Å². The zero-order valence-corrected chi connectivity index (χ0v) is 16.0. The Morgan fingerprint density at radius 1 is 1.18 bits per heavy atom. The van der Waals surface area contributed by atoms with E-state index in [1.165, 1.54) is 12.8 Å². The van der Waals surface area contributed by atoms with Crippen molar-refractivity contribution in [2.75, 3.05) is 7.11 Å². The number of aromatic nitrogens is 5. The minimum Gasteiger partial charge on any atom is -0.496 e. The summed E-state index contributed by atoms with van der Waals surface area (Å²) in [5.41, 5.74) is 2.19. The number of pyridine rings is 1. The number of nitrogens with zero attached hydrogens (tertiary/aromatic N) is 4. The number of rotatable bonds is 3. The molecule has 0 spiro atoms. The molecule has 0 bridgehead atoms. The van der Waals surface area contributed by atoms with Crippen LogP contribution >= 0.6 is 0 Å². The van der Waals surface area contributed by atoms with E-state index in [2.05, 4.69) is 15.1 Å². The van der Waals surface area contributed by atoms with Crippen molar-refractivity contribution < 1.29 is 9.25 Å². The fourth-order valence-electron chi connectivity index (χ4n) is 4.31. The first-order valence-corrected chi connectivity index (χ1v) is 9.64. The van der Waals surface area contributed by atoms with E-state index in [-0.39, 0.29) is 11.6 Å². The van der Waals surface area contributed by atoms with Gasteiger partial charge in [-0.15, -0.1) is 4.52 Å². The number of hydrogen-bond acceptors (Lipinski definition) is 4. The van der Waals surface area contributed by atoms with E-state index in [1.54, 1.807) is 11.6 Å². The SMILES string of the molecule is COc1ccccc1-c1c2c(=O)n(C3CCCC3)ccc2nc2nc(C)[nH][n+]12. The maximum Gasteiger partial charge on any atom is 0.458 e. The Kier molecular flexibility index (Phi) is 3.89. The maximum absolute atomic E-state index is 13.6. The highest BCUT2D eigenvalue weighted by Crippen LogP contribution is 2.32. The van der Waals surface area contributed by atoms with Gasteiger partial charge in [0, 0.05) is 19.2 Å². The lowest BCUT2D eigenvalue weighted by Gasteiger charge is -2.14. The molecule has 0 unspecified atom stereocenters. The summed E-state index contributed by atoms with van der Waals surface area (Å²) in [4.78, 5) is 22.7. The smallest absolute Gasteiger partial charge is 0.458 e. The van der Waals surface area contributed by atoms with Gasteiger partial charge in [0.25, 0.3) is 5.56 Å². The fourth-order valence-corrected chi connectivity index (χ4v) is 4.31. The van der Waals surface area contributed by atoms with Crippen molar-refractivity contribution in [1.82, 2.24) is 19.6 Å². The van der Waals surface area contributed by atoms with E-state index >= 15 is 0 Å². The molecule has 5 rings (SSSR count). The van der Waals surface area contributed by atoms with Crippen molar-refractivity contribution in [3.63, 3.8) is 0 Å². The van der Waals surface area contributed by atoms with Gasteiger partial charge in [0.05, 0.1) is 12.7 Å². The monoisotopic (exact) mass is 376 g/mol. The topological polar surface area (TPSA) is 76.9 Å². The van der Waals surface area contributed by atoms with Gasteiger partial charge in [-0.3, -0.25) is 4.79 Å². The van der Waals surface area contributed by atoms with Crippen LogP contribution in [0.2, 0.25) is 0 Å². The predicted octanol–water partition coefficient (Wildman–Crippen LogP) is 2.96. The van der Waals surface area contributed by atoms with Crippen LogP contribution in [0.3, 0.4) is 0 Å². The van der Waals surface area contributed by atoms with Crippen molar-refractivity contribution in [2.24, 2.45) is 0 Å². The molecular weight excluding hydrogens is 354 g/mol. The first-order chi connectivity index (χ1) is 13.7. The third kappa shape index (κ3) is 2.50. The van der Waals surface area contributed by atoms with Crippen molar-refractivity contribution in [2.45, 2.75) is 38.6 Å². The molecule has 4 aromatic rings. The van der Waals surface area contributed by atoms with Crippen molar-refractivity contribution in [1.29, 1.82) is 0 Å². The first-order valence-electron chi connectivity index (χ1n) is 9.64. The second kappa shape index (κ2) is 6.44. The summed E-state index contributed by atoms with van der Waals surface area (Å²) in [6, 6.07) is 9.91. The summed E-state index contributed by atoms with van der Waals surface area (Å²) < 4.78 is 9.27. The lowest BCUT2D eigenvalue weighted by molar-refractivity contribution is -0.567. The van der Waals surface area contributed by atoms with E-state index in [0.29, 0.717) is 22.4 Å². The van der Waals surface area contributed by atoms with Gasteiger partial charge in [0.2, 0.25) is 5.82 Å². The van der Waals surface area contributed by atoms with Gasteiger partial charge < -0.3 is 9.30 Å². The van der Waals surface area contributed by atoms with E-state index in [0.717, 1.165) is 29.9 Å². The van der Waals surface area contributed by atoms with Crippen LogP contribution < -0.4 is 14.8 Å². The summed E-state index contributed by atoms with van der Waals surface area (Å²) >= 11 is 0. The van der Waals surface area contributed by atoms with E-state index in [1.807, 2.05) is 48.0 Å². The third-order valence-electron chi connectivity index (χ3n) is 5.60. The number of fused-ring (bicyclic) bond motifs is 2. The summed E-state index contributed by atoms with van der Waals surface area (Å²) in [5.74, 6) is 1.96.